The molecule has 0 spiro atoms. The number of thiophene rings is 1. The lowest BCUT2D eigenvalue weighted by atomic mass is 9.74. The first-order valence-corrected chi connectivity index (χ1v) is 9.24. The van der Waals surface area contributed by atoms with E-state index in [1.165, 1.54) is 21.7 Å². The van der Waals surface area contributed by atoms with Gasteiger partial charge in [0.25, 0.3) is 0 Å². The van der Waals surface area contributed by atoms with Gasteiger partial charge in [-0.05, 0) is 42.2 Å². The summed E-state index contributed by atoms with van der Waals surface area (Å²) >= 11 is 1.71. The van der Waals surface area contributed by atoms with Crippen molar-refractivity contribution in [2.45, 2.75) is 38.3 Å². The van der Waals surface area contributed by atoms with E-state index in [1.54, 1.807) is 11.3 Å². The van der Waals surface area contributed by atoms with E-state index >= 15 is 0 Å². The Morgan fingerprint density at radius 2 is 2.12 bits per heavy atom. The highest BCUT2D eigenvalue weighted by atomic mass is 32.1. The number of nitrogens with zero attached hydrogens (tertiary/aromatic N) is 1. The predicted molar refractivity (Wildman–Crippen MR) is 100 cm³/mol. The largest absolute Gasteiger partial charge is 0.344 e. The number of rotatable bonds is 2. The van der Waals surface area contributed by atoms with Crippen molar-refractivity contribution in [1.82, 2.24) is 5.32 Å². The maximum absolute atomic E-state index is 12.3. The molecule has 0 radical (unpaired) electrons. The van der Waals surface area contributed by atoms with Crippen LogP contribution in [0.5, 0.6) is 0 Å². The van der Waals surface area contributed by atoms with Crippen LogP contribution in [0, 0.1) is 6.92 Å². The van der Waals surface area contributed by atoms with Crippen molar-refractivity contribution in [1.29, 1.82) is 0 Å². The summed E-state index contributed by atoms with van der Waals surface area (Å²) in [5.41, 5.74) is 3.08. The second kappa shape index (κ2) is 5.21. The van der Waals surface area contributed by atoms with Gasteiger partial charge in [0, 0.05) is 28.9 Å². The number of anilines is 1. The number of hydrogen-bond acceptors (Lipinski definition) is 3. The Balaban J connectivity index is 1.88. The third-order valence-electron chi connectivity index (χ3n) is 5.42. The second-order valence-electron chi connectivity index (χ2n) is 7.21. The fraction of sp³-hybridized carbons (Fsp3) is 0.350. The molecule has 2 aliphatic heterocycles. The first-order chi connectivity index (χ1) is 11.4. The van der Waals surface area contributed by atoms with E-state index in [4.69, 9.17) is 0 Å². The molecule has 0 aliphatic carbocycles. The van der Waals surface area contributed by atoms with Crippen LogP contribution < -0.4 is 10.2 Å². The minimum atomic E-state index is -0.511. The van der Waals surface area contributed by atoms with E-state index in [-0.39, 0.29) is 11.3 Å². The monoisotopic (exact) mass is 338 g/mol. The summed E-state index contributed by atoms with van der Waals surface area (Å²) in [4.78, 5) is 15.9. The third-order valence-corrected chi connectivity index (χ3v) is 6.26. The Morgan fingerprint density at radius 1 is 1.29 bits per heavy atom. The van der Waals surface area contributed by atoms with Crippen LogP contribution in [-0.2, 0) is 10.2 Å². The number of nitrogens with one attached hydrogen (secondary N) is 1. The number of amides is 1. The third kappa shape index (κ3) is 2.06. The maximum atomic E-state index is 12.3. The summed E-state index contributed by atoms with van der Waals surface area (Å²) in [7, 11) is 0. The molecule has 0 bridgehead atoms. The number of carbonyl (C=O) groups excluding carboxylic acids is 1. The van der Waals surface area contributed by atoms with Gasteiger partial charge in [-0.25, -0.2) is 0 Å². The van der Waals surface area contributed by atoms with Crippen LogP contribution in [-0.4, -0.2) is 18.1 Å². The molecule has 1 unspecified atom stereocenters. The zero-order chi connectivity index (χ0) is 16.9. The molecule has 1 aromatic heterocycles. The van der Waals surface area contributed by atoms with Crippen molar-refractivity contribution >= 4 is 29.0 Å². The predicted octanol–water partition coefficient (Wildman–Crippen LogP) is 4.08. The van der Waals surface area contributed by atoms with Crippen LogP contribution in [0.3, 0.4) is 0 Å². The number of aryl methyl sites for hydroxylation is 1. The van der Waals surface area contributed by atoms with E-state index in [2.05, 4.69) is 78.9 Å². The van der Waals surface area contributed by atoms with Crippen molar-refractivity contribution in [2.75, 3.05) is 11.4 Å². The highest BCUT2D eigenvalue weighted by molar-refractivity contribution is 7.10. The van der Waals surface area contributed by atoms with Crippen molar-refractivity contribution in [3.8, 4) is 0 Å². The van der Waals surface area contributed by atoms with Gasteiger partial charge in [0.15, 0.2) is 0 Å². The van der Waals surface area contributed by atoms with Crippen LogP contribution in [0.4, 0.5) is 5.69 Å². The molecule has 1 fully saturated rings. The van der Waals surface area contributed by atoms with Crippen molar-refractivity contribution in [2.24, 2.45) is 0 Å². The minimum Gasteiger partial charge on any atom is -0.344 e. The van der Waals surface area contributed by atoms with Crippen molar-refractivity contribution in [3.63, 3.8) is 0 Å². The molecule has 4 rings (SSSR count). The van der Waals surface area contributed by atoms with Gasteiger partial charge in [0.1, 0.15) is 5.66 Å². The quantitative estimate of drug-likeness (QED) is 0.895. The van der Waals surface area contributed by atoms with E-state index in [9.17, 15) is 4.79 Å². The standard InChI is InChI=1S/C20H22N2OS/c1-14-6-7-17-16(13-14)19(2,3)20(10-8-15-5-4-12-24-15)21-18(23)9-11-22(17)20/h4-8,10,12-13H,9,11H2,1-3H3,(H,21,23)/b10-8+. The molecule has 1 N–H and O–H groups in total. The van der Waals surface area contributed by atoms with E-state index in [1.807, 2.05) is 0 Å². The van der Waals surface area contributed by atoms with Gasteiger partial charge in [-0.3, -0.25) is 4.79 Å². The Labute approximate surface area is 147 Å². The van der Waals surface area contributed by atoms with Crippen LogP contribution in [0.1, 0.15) is 36.3 Å². The van der Waals surface area contributed by atoms with Gasteiger partial charge < -0.3 is 10.2 Å². The number of fused-ring (bicyclic) bond motifs is 3. The van der Waals surface area contributed by atoms with E-state index < -0.39 is 5.66 Å². The summed E-state index contributed by atoms with van der Waals surface area (Å²) in [6.07, 6.45) is 4.87. The SMILES string of the molecule is Cc1ccc2c(c1)C(C)(C)C1(/C=C/c3cccs3)NC(=O)CCN21. The Kier molecular flexibility index (Phi) is 3.36. The molecule has 3 heterocycles. The van der Waals surface area contributed by atoms with Gasteiger partial charge in [0.05, 0.1) is 0 Å². The zero-order valence-corrected chi connectivity index (χ0v) is 15.1. The molecule has 1 aromatic carbocycles. The van der Waals surface area contributed by atoms with Crippen molar-refractivity contribution in [3.05, 3.63) is 57.8 Å². The van der Waals surface area contributed by atoms with Gasteiger partial charge in [-0.1, -0.05) is 37.6 Å². The average molecular weight is 338 g/mol. The van der Waals surface area contributed by atoms with Crippen LogP contribution in [0.15, 0.2) is 41.8 Å². The highest BCUT2D eigenvalue weighted by Crippen LogP contribution is 2.52. The van der Waals surface area contributed by atoms with Gasteiger partial charge in [-0.2, -0.15) is 0 Å². The molecule has 2 aliphatic rings. The van der Waals surface area contributed by atoms with Crippen LogP contribution in [0.25, 0.3) is 6.08 Å². The molecule has 1 atom stereocenters. The molecule has 4 heteroatoms. The average Bonchev–Trinajstić information content (AvgIpc) is 3.11. The highest BCUT2D eigenvalue weighted by Gasteiger charge is 2.57. The smallest absolute Gasteiger partial charge is 0.223 e. The lowest BCUT2D eigenvalue weighted by molar-refractivity contribution is -0.124. The molecular formula is C20H22N2OS. The van der Waals surface area contributed by atoms with Crippen molar-refractivity contribution < 1.29 is 4.79 Å². The Bertz CT molecular complexity index is 822. The van der Waals surface area contributed by atoms with Crippen LogP contribution >= 0.6 is 11.3 Å². The fourth-order valence-corrected chi connectivity index (χ4v) is 4.67. The van der Waals surface area contributed by atoms with E-state index in [0.29, 0.717) is 6.42 Å². The lowest BCUT2D eigenvalue weighted by Gasteiger charge is -2.49. The summed E-state index contributed by atoms with van der Waals surface area (Å²) in [6, 6.07) is 10.8. The summed E-state index contributed by atoms with van der Waals surface area (Å²) in [5.74, 6) is 0.125. The second-order valence-corrected chi connectivity index (χ2v) is 8.19. The summed E-state index contributed by atoms with van der Waals surface area (Å²) in [5, 5.41) is 5.39. The van der Waals surface area contributed by atoms with Gasteiger partial charge in [-0.15, -0.1) is 11.3 Å². The number of hydrogen-bond donors (Lipinski definition) is 1. The molecule has 124 valence electrons. The molecular weight excluding hydrogens is 316 g/mol. The Morgan fingerprint density at radius 3 is 2.88 bits per heavy atom. The topological polar surface area (TPSA) is 32.3 Å². The molecule has 24 heavy (non-hydrogen) atoms. The summed E-state index contributed by atoms with van der Waals surface area (Å²) < 4.78 is 0. The molecule has 1 amide bonds. The number of benzene rings is 1. The molecule has 1 saturated heterocycles. The van der Waals surface area contributed by atoms with Crippen LogP contribution in [0.2, 0.25) is 0 Å². The molecule has 0 saturated carbocycles. The van der Waals surface area contributed by atoms with Gasteiger partial charge in [0.2, 0.25) is 5.91 Å². The number of carbonyl (C=O) groups is 1. The Hall–Kier alpha value is -2.07. The normalized spacial score (nSPS) is 24.8. The van der Waals surface area contributed by atoms with Gasteiger partial charge >= 0.3 is 0 Å². The van der Waals surface area contributed by atoms with E-state index in [0.717, 1.165) is 6.54 Å². The summed E-state index contributed by atoms with van der Waals surface area (Å²) in [6.45, 7) is 7.34. The molecule has 3 nitrogen and oxygen atoms in total. The first kappa shape index (κ1) is 15.5. The lowest BCUT2D eigenvalue weighted by Crippen LogP contribution is -2.68. The zero-order valence-electron chi connectivity index (χ0n) is 14.3. The maximum Gasteiger partial charge on any atom is 0.223 e. The fourth-order valence-electron chi connectivity index (χ4n) is 4.06. The minimum absolute atomic E-state index is 0.125. The molecule has 2 aromatic rings. The first-order valence-electron chi connectivity index (χ1n) is 8.37.